The van der Waals surface area contributed by atoms with Crippen LogP contribution < -0.4 is 0 Å². The van der Waals surface area contributed by atoms with Crippen molar-refractivity contribution in [2.75, 3.05) is 0 Å². The number of aryl methyl sites for hydroxylation is 1. The maximum Gasteiger partial charge on any atom is 0.147 e. The molecule has 0 saturated carbocycles. The zero-order valence-corrected chi connectivity index (χ0v) is 7.62. The molecule has 1 aromatic heterocycles. The molecule has 0 bridgehead atoms. The van der Waals surface area contributed by atoms with E-state index in [-0.39, 0.29) is 0 Å². The van der Waals surface area contributed by atoms with E-state index < -0.39 is 0 Å². The summed E-state index contributed by atoms with van der Waals surface area (Å²) in [6, 6.07) is 0. The molecule has 0 N–H and O–H groups in total. The Hall–Kier alpha value is -0.860. The van der Waals surface area contributed by atoms with Crippen LogP contribution in [0.25, 0.3) is 0 Å². The SMILES string of the molecule is CCCCCCCc1conn1. The Kier molecular flexibility index (Phi) is 4.42. The highest BCUT2D eigenvalue weighted by atomic mass is 16.5. The normalized spacial score (nSPS) is 10.4. The lowest BCUT2D eigenvalue weighted by molar-refractivity contribution is 0.392. The molecule has 0 atom stereocenters. The Morgan fingerprint density at radius 2 is 2.08 bits per heavy atom. The van der Waals surface area contributed by atoms with Gasteiger partial charge in [-0.15, -0.1) is 5.10 Å². The Morgan fingerprint density at radius 3 is 2.75 bits per heavy atom. The maximum absolute atomic E-state index is 4.63. The third-order valence-corrected chi connectivity index (χ3v) is 1.94. The fourth-order valence-electron chi connectivity index (χ4n) is 1.20. The van der Waals surface area contributed by atoms with E-state index >= 15 is 0 Å². The van der Waals surface area contributed by atoms with Crippen molar-refractivity contribution in [1.29, 1.82) is 0 Å². The fraction of sp³-hybridized carbons (Fsp3) is 0.778. The molecule has 0 fully saturated rings. The predicted octanol–water partition coefficient (Wildman–Crippen LogP) is 2.58. The third kappa shape index (κ3) is 3.51. The molecule has 1 heterocycles. The van der Waals surface area contributed by atoms with Gasteiger partial charge in [0, 0.05) is 5.27 Å². The standard InChI is InChI=1S/C9H16N2O/c1-2-3-4-5-6-7-9-8-12-11-10-9/h8H,2-7H2,1H3. The molecule has 0 aliphatic heterocycles. The van der Waals surface area contributed by atoms with Crippen LogP contribution in [0.2, 0.25) is 0 Å². The number of nitrogens with zero attached hydrogens (tertiary/aromatic N) is 2. The number of hydrogen-bond donors (Lipinski definition) is 0. The fourth-order valence-corrected chi connectivity index (χ4v) is 1.20. The smallest absolute Gasteiger partial charge is 0.147 e. The molecule has 0 saturated heterocycles. The molecule has 3 nitrogen and oxygen atoms in total. The summed E-state index contributed by atoms with van der Waals surface area (Å²) in [5.74, 6) is 0. The Labute approximate surface area is 73.1 Å². The van der Waals surface area contributed by atoms with Gasteiger partial charge < -0.3 is 4.52 Å². The van der Waals surface area contributed by atoms with E-state index in [0.29, 0.717) is 0 Å². The molecular weight excluding hydrogens is 152 g/mol. The first-order valence-electron chi connectivity index (χ1n) is 4.69. The number of aromatic nitrogens is 2. The summed E-state index contributed by atoms with van der Waals surface area (Å²) in [5.41, 5.74) is 0.978. The number of hydrogen-bond acceptors (Lipinski definition) is 3. The van der Waals surface area contributed by atoms with Crippen LogP contribution in [0, 0.1) is 0 Å². The van der Waals surface area contributed by atoms with E-state index in [9.17, 15) is 0 Å². The number of unbranched alkanes of at least 4 members (excludes halogenated alkanes) is 4. The summed E-state index contributed by atoms with van der Waals surface area (Å²) in [6.45, 7) is 2.22. The summed E-state index contributed by atoms with van der Waals surface area (Å²) in [6.07, 6.45) is 9.10. The molecule has 68 valence electrons. The van der Waals surface area contributed by atoms with Crippen molar-refractivity contribution in [1.82, 2.24) is 10.4 Å². The van der Waals surface area contributed by atoms with Crippen LogP contribution in [0.3, 0.4) is 0 Å². The zero-order chi connectivity index (χ0) is 8.65. The van der Waals surface area contributed by atoms with Crippen molar-refractivity contribution in [2.45, 2.75) is 45.4 Å². The summed E-state index contributed by atoms with van der Waals surface area (Å²) < 4.78 is 4.63. The van der Waals surface area contributed by atoms with Crippen molar-refractivity contribution in [2.24, 2.45) is 0 Å². The van der Waals surface area contributed by atoms with Crippen molar-refractivity contribution in [3.8, 4) is 0 Å². The molecule has 0 radical (unpaired) electrons. The molecule has 0 amide bonds. The van der Waals surface area contributed by atoms with Gasteiger partial charge in [-0.1, -0.05) is 32.6 Å². The highest BCUT2D eigenvalue weighted by molar-refractivity contribution is 4.87. The van der Waals surface area contributed by atoms with Gasteiger partial charge in [-0.05, 0) is 12.8 Å². The Morgan fingerprint density at radius 1 is 1.25 bits per heavy atom. The van der Waals surface area contributed by atoms with Crippen molar-refractivity contribution < 1.29 is 4.52 Å². The van der Waals surface area contributed by atoms with Crippen molar-refractivity contribution in [3.05, 3.63) is 12.0 Å². The van der Waals surface area contributed by atoms with E-state index in [1.807, 2.05) is 0 Å². The summed E-state index contributed by atoms with van der Waals surface area (Å²) in [5, 5.41) is 7.23. The average molecular weight is 168 g/mol. The molecule has 0 unspecified atom stereocenters. The molecule has 12 heavy (non-hydrogen) atoms. The van der Waals surface area contributed by atoms with Crippen LogP contribution in [0.1, 0.15) is 44.7 Å². The first kappa shape index (κ1) is 9.23. The van der Waals surface area contributed by atoms with Gasteiger partial charge in [0.1, 0.15) is 12.0 Å². The summed E-state index contributed by atoms with van der Waals surface area (Å²) in [4.78, 5) is 0. The van der Waals surface area contributed by atoms with E-state index in [1.54, 1.807) is 6.26 Å². The molecule has 0 aliphatic carbocycles. The van der Waals surface area contributed by atoms with E-state index in [0.717, 1.165) is 12.1 Å². The second-order valence-electron chi connectivity index (χ2n) is 3.06. The van der Waals surface area contributed by atoms with E-state index in [4.69, 9.17) is 0 Å². The lowest BCUT2D eigenvalue weighted by Crippen LogP contribution is -1.86. The average Bonchev–Trinajstić information content (AvgIpc) is 2.57. The van der Waals surface area contributed by atoms with Crippen LogP contribution in [-0.4, -0.2) is 10.4 Å². The van der Waals surface area contributed by atoms with E-state index in [2.05, 4.69) is 21.8 Å². The van der Waals surface area contributed by atoms with Gasteiger partial charge in [0.2, 0.25) is 0 Å². The number of rotatable bonds is 6. The largest absolute Gasteiger partial charge is 0.345 e. The van der Waals surface area contributed by atoms with Crippen LogP contribution in [0.15, 0.2) is 10.8 Å². The first-order chi connectivity index (χ1) is 5.93. The van der Waals surface area contributed by atoms with Gasteiger partial charge in [0.15, 0.2) is 0 Å². The minimum atomic E-state index is 0.978. The molecule has 0 aliphatic rings. The zero-order valence-electron chi connectivity index (χ0n) is 7.62. The molecule has 3 heteroatoms. The second kappa shape index (κ2) is 5.75. The monoisotopic (exact) mass is 168 g/mol. The van der Waals surface area contributed by atoms with Gasteiger partial charge >= 0.3 is 0 Å². The minimum Gasteiger partial charge on any atom is -0.345 e. The van der Waals surface area contributed by atoms with Crippen LogP contribution in [0.4, 0.5) is 0 Å². The van der Waals surface area contributed by atoms with E-state index in [1.165, 1.54) is 32.1 Å². The second-order valence-corrected chi connectivity index (χ2v) is 3.06. The van der Waals surface area contributed by atoms with Gasteiger partial charge in [-0.2, -0.15) is 0 Å². The Balaban J connectivity index is 1.96. The topological polar surface area (TPSA) is 38.9 Å². The molecule has 0 spiro atoms. The highest BCUT2D eigenvalue weighted by Crippen LogP contribution is 2.06. The van der Waals surface area contributed by atoms with Crippen LogP contribution >= 0.6 is 0 Å². The molecular formula is C9H16N2O. The summed E-state index contributed by atoms with van der Waals surface area (Å²) in [7, 11) is 0. The Bertz CT molecular complexity index is 184. The van der Waals surface area contributed by atoms with Gasteiger partial charge in [0.05, 0.1) is 0 Å². The van der Waals surface area contributed by atoms with Gasteiger partial charge in [-0.3, -0.25) is 0 Å². The molecule has 0 aromatic carbocycles. The first-order valence-corrected chi connectivity index (χ1v) is 4.69. The van der Waals surface area contributed by atoms with Gasteiger partial charge in [-0.25, -0.2) is 0 Å². The lowest BCUT2D eigenvalue weighted by atomic mass is 10.1. The predicted molar refractivity (Wildman–Crippen MR) is 46.8 cm³/mol. The van der Waals surface area contributed by atoms with Crippen LogP contribution in [-0.2, 0) is 6.42 Å². The summed E-state index contributed by atoms with van der Waals surface area (Å²) >= 11 is 0. The molecule has 1 rings (SSSR count). The molecule has 1 aromatic rings. The third-order valence-electron chi connectivity index (χ3n) is 1.94. The van der Waals surface area contributed by atoms with Crippen LogP contribution in [0.5, 0.6) is 0 Å². The van der Waals surface area contributed by atoms with Crippen molar-refractivity contribution >= 4 is 0 Å². The minimum absolute atomic E-state index is 0.978. The van der Waals surface area contributed by atoms with Gasteiger partial charge in [0.25, 0.3) is 0 Å². The van der Waals surface area contributed by atoms with Crippen molar-refractivity contribution in [3.63, 3.8) is 0 Å². The maximum atomic E-state index is 4.63. The lowest BCUT2D eigenvalue weighted by Gasteiger charge is -1.95. The quantitative estimate of drug-likeness (QED) is 0.613. The highest BCUT2D eigenvalue weighted by Gasteiger charge is 1.96.